The van der Waals surface area contributed by atoms with Gasteiger partial charge in [0.1, 0.15) is 11.8 Å². The zero-order chi connectivity index (χ0) is 27.2. The minimum absolute atomic E-state index is 0.0735. The van der Waals surface area contributed by atoms with Crippen LogP contribution in [0.2, 0.25) is 5.02 Å². The molecule has 2 aromatic rings. The van der Waals surface area contributed by atoms with Gasteiger partial charge in [0.2, 0.25) is 17.7 Å². The summed E-state index contributed by atoms with van der Waals surface area (Å²) in [4.78, 5) is 43.0. The summed E-state index contributed by atoms with van der Waals surface area (Å²) in [6.07, 6.45) is 1.37. The quantitative estimate of drug-likeness (QED) is 0.451. The van der Waals surface area contributed by atoms with Gasteiger partial charge >= 0.3 is 0 Å². The van der Waals surface area contributed by atoms with E-state index in [1.165, 1.54) is 4.90 Å². The molecule has 10 heteroatoms. The topological polar surface area (TPSA) is 108 Å². The summed E-state index contributed by atoms with van der Waals surface area (Å²) in [7, 11) is 0. The van der Waals surface area contributed by atoms with Crippen molar-refractivity contribution in [3.8, 4) is 5.75 Å². The van der Waals surface area contributed by atoms with E-state index < -0.39 is 28.7 Å². The molecule has 0 saturated carbocycles. The first-order chi connectivity index (χ1) is 18.2. The fraction of sp³-hybridized carbons (Fsp3) is 0.464. The Morgan fingerprint density at radius 2 is 1.95 bits per heavy atom. The molecule has 3 fully saturated rings. The molecule has 3 aliphatic rings. The minimum Gasteiger partial charge on any atom is -0.494 e. The van der Waals surface area contributed by atoms with Crippen LogP contribution in [-0.4, -0.2) is 63.0 Å². The van der Waals surface area contributed by atoms with Gasteiger partial charge in [-0.15, -0.1) is 11.8 Å². The average Bonchev–Trinajstić information content (AvgIpc) is 3.54. The summed E-state index contributed by atoms with van der Waals surface area (Å²) in [5, 5.41) is 16.3. The van der Waals surface area contributed by atoms with Gasteiger partial charge in [0.05, 0.1) is 46.5 Å². The molecule has 3 amide bonds. The highest BCUT2D eigenvalue weighted by Crippen LogP contribution is 2.66. The lowest BCUT2D eigenvalue weighted by Gasteiger charge is -2.36. The molecule has 2 aromatic carbocycles. The van der Waals surface area contributed by atoms with Gasteiger partial charge in [-0.25, -0.2) is 0 Å². The predicted octanol–water partition coefficient (Wildman–Crippen LogP) is 4.10. The average molecular weight is 558 g/mol. The molecule has 0 aromatic heterocycles. The summed E-state index contributed by atoms with van der Waals surface area (Å²) in [5.41, 5.74) is 1.93. The molecular formula is C28H32ClN3O5S. The standard InChI is InChI=1S/C28H32ClN3O5S/c1-4-37-18-10-8-17(9-11-18)30-25(34)21-20-12-13-28(38-20)22(21)27(36)32(16(3)14-33)24(28)26(35)31-23-15(2)6-5-7-19(23)29/h5-11,16,20-22,24,33H,4,12-14H2,1-3H3,(H,30,34)(H,31,35)/t16-,20+,21-,22+,24?,28?/m1/s1. The number of hydrogen-bond acceptors (Lipinski definition) is 6. The normalized spacial score (nSPS) is 28.2. The van der Waals surface area contributed by atoms with Gasteiger partial charge in [-0.05, 0) is 69.5 Å². The zero-order valence-corrected chi connectivity index (χ0v) is 23.1. The Morgan fingerprint density at radius 1 is 1.21 bits per heavy atom. The van der Waals surface area contributed by atoms with Crippen molar-refractivity contribution in [1.82, 2.24) is 4.90 Å². The Bertz CT molecular complexity index is 1240. The third-order valence-corrected chi connectivity index (χ3v) is 10.2. The molecule has 38 heavy (non-hydrogen) atoms. The number of ether oxygens (including phenoxy) is 1. The number of likely N-dealkylation sites (tertiary alicyclic amines) is 1. The second kappa shape index (κ2) is 10.4. The van der Waals surface area contributed by atoms with Crippen LogP contribution in [0.5, 0.6) is 5.75 Å². The lowest BCUT2D eigenvalue weighted by Crippen LogP contribution is -2.54. The van der Waals surface area contributed by atoms with Crippen molar-refractivity contribution in [2.24, 2.45) is 11.8 Å². The lowest BCUT2D eigenvalue weighted by molar-refractivity contribution is -0.140. The minimum atomic E-state index is -0.837. The van der Waals surface area contributed by atoms with Crippen molar-refractivity contribution < 1.29 is 24.2 Å². The van der Waals surface area contributed by atoms with Crippen LogP contribution in [0.15, 0.2) is 42.5 Å². The molecule has 3 aliphatic heterocycles. The molecule has 0 radical (unpaired) electrons. The molecule has 2 bridgehead atoms. The molecule has 8 nitrogen and oxygen atoms in total. The molecular weight excluding hydrogens is 526 g/mol. The number of halogens is 1. The molecule has 3 saturated heterocycles. The number of aliphatic hydroxyl groups excluding tert-OH is 1. The van der Waals surface area contributed by atoms with Crippen LogP contribution in [0.4, 0.5) is 11.4 Å². The van der Waals surface area contributed by atoms with Crippen molar-refractivity contribution >= 4 is 52.5 Å². The van der Waals surface area contributed by atoms with Crippen LogP contribution in [0, 0.1) is 18.8 Å². The van der Waals surface area contributed by atoms with Crippen LogP contribution in [0.25, 0.3) is 0 Å². The van der Waals surface area contributed by atoms with E-state index in [4.69, 9.17) is 16.3 Å². The van der Waals surface area contributed by atoms with E-state index in [9.17, 15) is 19.5 Å². The summed E-state index contributed by atoms with van der Waals surface area (Å²) < 4.78 is 4.72. The number of carbonyl (C=O) groups excluding carboxylic acids is 3. The maximum absolute atomic E-state index is 14.0. The molecule has 1 spiro atoms. The van der Waals surface area contributed by atoms with Crippen molar-refractivity contribution in [1.29, 1.82) is 0 Å². The monoisotopic (exact) mass is 557 g/mol. The number of anilines is 2. The Hall–Kier alpha value is -2.75. The van der Waals surface area contributed by atoms with Crippen LogP contribution in [-0.2, 0) is 14.4 Å². The van der Waals surface area contributed by atoms with Crippen LogP contribution >= 0.6 is 23.4 Å². The molecule has 6 atom stereocenters. The number of para-hydroxylation sites is 1. The number of rotatable bonds is 8. The number of amides is 3. The number of benzene rings is 2. The third-order valence-electron chi connectivity index (χ3n) is 7.93. The Labute approximate surface area is 231 Å². The highest BCUT2D eigenvalue weighted by Gasteiger charge is 2.74. The maximum Gasteiger partial charge on any atom is 0.248 e. The van der Waals surface area contributed by atoms with Gasteiger partial charge in [-0.1, -0.05) is 23.7 Å². The molecule has 5 rings (SSSR count). The second-order valence-electron chi connectivity index (χ2n) is 10.2. The second-order valence-corrected chi connectivity index (χ2v) is 12.2. The summed E-state index contributed by atoms with van der Waals surface area (Å²) in [6, 6.07) is 11.1. The van der Waals surface area contributed by atoms with Gasteiger partial charge in [0, 0.05) is 10.9 Å². The summed E-state index contributed by atoms with van der Waals surface area (Å²) >= 11 is 7.97. The number of thioether (sulfide) groups is 1. The van der Waals surface area contributed by atoms with E-state index in [2.05, 4.69) is 10.6 Å². The van der Waals surface area contributed by atoms with Gasteiger partial charge in [-0.2, -0.15) is 0 Å². The van der Waals surface area contributed by atoms with Gasteiger partial charge in [0.25, 0.3) is 0 Å². The number of hydrogen-bond donors (Lipinski definition) is 3. The fourth-order valence-electron chi connectivity index (χ4n) is 6.26. The molecule has 202 valence electrons. The number of aryl methyl sites for hydroxylation is 1. The van der Waals surface area contributed by atoms with Gasteiger partial charge < -0.3 is 25.4 Å². The van der Waals surface area contributed by atoms with E-state index in [1.807, 2.05) is 26.0 Å². The van der Waals surface area contributed by atoms with E-state index >= 15 is 0 Å². The number of fused-ring (bicyclic) bond motifs is 1. The first-order valence-corrected chi connectivity index (χ1v) is 14.2. The SMILES string of the molecule is CCOc1ccc(NC(=O)[C@@H]2[C@@H]3CCC4(S3)C(C(=O)Nc3c(C)cccc3Cl)N([C@H](C)CO)C(=O)[C@H]24)cc1. The third kappa shape index (κ3) is 4.34. The zero-order valence-electron chi connectivity index (χ0n) is 21.6. The Kier molecular flexibility index (Phi) is 7.37. The van der Waals surface area contributed by atoms with Crippen LogP contribution < -0.4 is 15.4 Å². The van der Waals surface area contributed by atoms with Crippen LogP contribution in [0.3, 0.4) is 0 Å². The van der Waals surface area contributed by atoms with Gasteiger partial charge in [0.15, 0.2) is 0 Å². The summed E-state index contributed by atoms with van der Waals surface area (Å²) in [5.74, 6) is -1.37. The molecule has 2 unspecified atom stereocenters. The van der Waals surface area contributed by atoms with Crippen molar-refractivity contribution in [2.75, 3.05) is 23.8 Å². The van der Waals surface area contributed by atoms with Crippen molar-refractivity contribution in [2.45, 2.75) is 55.7 Å². The molecule has 0 aliphatic carbocycles. The van der Waals surface area contributed by atoms with E-state index in [1.54, 1.807) is 49.0 Å². The van der Waals surface area contributed by atoms with Crippen LogP contribution in [0.1, 0.15) is 32.3 Å². The Morgan fingerprint density at radius 3 is 2.61 bits per heavy atom. The maximum atomic E-state index is 14.0. The Balaban J connectivity index is 1.45. The van der Waals surface area contributed by atoms with Crippen molar-refractivity contribution in [3.63, 3.8) is 0 Å². The van der Waals surface area contributed by atoms with E-state index in [-0.39, 0.29) is 29.6 Å². The number of nitrogens with zero attached hydrogens (tertiary/aromatic N) is 1. The highest BCUT2D eigenvalue weighted by molar-refractivity contribution is 8.02. The molecule has 3 heterocycles. The first-order valence-electron chi connectivity index (χ1n) is 12.9. The van der Waals surface area contributed by atoms with E-state index in [0.717, 1.165) is 12.0 Å². The number of nitrogens with one attached hydrogen (secondary N) is 2. The smallest absolute Gasteiger partial charge is 0.248 e. The first kappa shape index (κ1) is 26.8. The van der Waals surface area contributed by atoms with Crippen molar-refractivity contribution in [3.05, 3.63) is 53.1 Å². The van der Waals surface area contributed by atoms with Gasteiger partial charge in [-0.3, -0.25) is 14.4 Å². The van der Waals surface area contributed by atoms with E-state index in [0.29, 0.717) is 35.2 Å². The fourth-order valence-corrected chi connectivity index (χ4v) is 8.74. The number of aliphatic hydroxyl groups is 1. The lowest BCUT2D eigenvalue weighted by atomic mass is 9.70. The number of carbonyl (C=O) groups is 3. The largest absolute Gasteiger partial charge is 0.494 e. The predicted molar refractivity (Wildman–Crippen MR) is 149 cm³/mol. The highest BCUT2D eigenvalue weighted by atomic mass is 35.5. The molecule has 3 N–H and O–H groups in total. The summed E-state index contributed by atoms with van der Waals surface area (Å²) in [6.45, 7) is 5.74.